The molecular formula is C19H20N2O2. The highest BCUT2D eigenvalue weighted by Crippen LogP contribution is 2.42. The molecule has 0 amide bonds. The first-order valence-electron chi connectivity index (χ1n) is 8.37. The number of aryl methyl sites for hydroxylation is 1. The van der Waals surface area contributed by atoms with Crippen LogP contribution < -0.4 is 0 Å². The lowest BCUT2D eigenvalue weighted by atomic mass is 9.74. The number of rotatable bonds is 3. The standard InChI is InChI=1S/C19H20N2O2/c1-11-5-10-14(11)18-20-16-4-2-3-15(16)17(21-18)12-6-8-13(9-7-12)19(22)23/h6-9,11,14H,2-5,10H2,1H3,(H,22,23). The van der Waals surface area contributed by atoms with E-state index >= 15 is 0 Å². The maximum Gasteiger partial charge on any atom is 0.335 e. The number of carbonyl (C=O) groups is 1. The minimum atomic E-state index is -0.895. The summed E-state index contributed by atoms with van der Waals surface area (Å²) in [5.41, 5.74) is 4.78. The average Bonchev–Trinajstić information content (AvgIpc) is 3.01. The molecule has 2 aliphatic carbocycles. The number of fused-ring (bicyclic) bond motifs is 1. The van der Waals surface area contributed by atoms with Crippen LogP contribution in [0.15, 0.2) is 24.3 Å². The summed E-state index contributed by atoms with van der Waals surface area (Å²) in [5.74, 6) is 1.24. The molecule has 2 atom stereocenters. The van der Waals surface area contributed by atoms with E-state index in [1.54, 1.807) is 12.1 Å². The normalized spacial score (nSPS) is 22.5. The van der Waals surface area contributed by atoms with Crippen molar-refractivity contribution in [2.24, 2.45) is 5.92 Å². The molecule has 1 saturated carbocycles. The quantitative estimate of drug-likeness (QED) is 0.935. The monoisotopic (exact) mass is 308 g/mol. The smallest absolute Gasteiger partial charge is 0.335 e. The Bertz CT molecular complexity index is 768. The van der Waals surface area contributed by atoms with Gasteiger partial charge in [-0.3, -0.25) is 0 Å². The number of nitrogens with zero attached hydrogens (tertiary/aromatic N) is 2. The first kappa shape index (κ1) is 14.4. The third-order valence-corrected chi connectivity index (χ3v) is 5.31. The maximum absolute atomic E-state index is 11.0. The van der Waals surface area contributed by atoms with Crippen molar-refractivity contribution >= 4 is 5.97 Å². The van der Waals surface area contributed by atoms with Crippen molar-refractivity contribution in [3.63, 3.8) is 0 Å². The second-order valence-corrected chi connectivity index (χ2v) is 6.75. The lowest BCUT2D eigenvalue weighted by molar-refractivity contribution is 0.0697. The first-order valence-corrected chi connectivity index (χ1v) is 8.37. The van der Waals surface area contributed by atoms with Gasteiger partial charge in [0.25, 0.3) is 0 Å². The van der Waals surface area contributed by atoms with Gasteiger partial charge in [-0.15, -0.1) is 0 Å². The van der Waals surface area contributed by atoms with Gasteiger partial charge in [0.05, 0.1) is 11.3 Å². The molecule has 0 radical (unpaired) electrons. The fourth-order valence-electron chi connectivity index (χ4n) is 3.68. The molecule has 4 nitrogen and oxygen atoms in total. The Hall–Kier alpha value is -2.23. The second kappa shape index (κ2) is 5.44. The molecule has 0 aliphatic heterocycles. The van der Waals surface area contributed by atoms with Crippen LogP contribution in [0.3, 0.4) is 0 Å². The molecule has 118 valence electrons. The van der Waals surface area contributed by atoms with Crippen LogP contribution in [0.2, 0.25) is 0 Å². The summed E-state index contributed by atoms with van der Waals surface area (Å²) in [5, 5.41) is 9.06. The molecule has 1 heterocycles. The fourth-order valence-corrected chi connectivity index (χ4v) is 3.68. The molecule has 1 aromatic heterocycles. The van der Waals surface area contributed by atoms with Crippen LogP contribution in [-0.4, -0.2) is 21.0 Å². The third-order valence-electron chi connectivity index (χ3n) is 5.31. The molecule has 4 heteroatoms. The molecule has 1 fully saturated rings. The van der Waals surface area contributed by atoms with Gasteiger partial charge in [-0.1, -0.05) is 19.1 Å². The van der Waals surface area contributed by atoms with Gasteiger partial charge in [0, 0.05) is 22.7 Å². The molecule has 0 saturated heterocycles. The maximum atomic E-state index is 11.0. The Balaban J connectivity index is 1.79. The van der Waals surface area contributed by atoms with E-state index in [2.05, 4.69) is 6.92 Å². The number of aromatic nitrogens is 2. The van der Waals surface area contributed by atoms with Gasteiger partial charge in [-0.25, -0.2) is 14.8 Å². The number of hydrogen-bond acceptors (Lipinski definition) is 3. The van der Waals surface area contributed by atoms with Crippen LogP contribution in [0.1, 0.15) is 59.5 Å². The van der Waals surface area contributed by atoms with Crippen molar-refractivity contribution in [2.45, 2.75) is 44.9 Å². The minimum absolute atomic E-state index is 0.312. The highest BCUT2D eigenvalue weighted by molar-refractivity contribution is 5.88. The highest BCUT2D eigenvalue weighted by Gasteiger charge is 2.32. The first-order chi connectivity index (χ1) is 11.1. The van der Waals surface area contributed by atoms with Crippen molar-refractivity contribution < 1.29 is 9.90 Å². The summed E-state index contributed by atoms with van der Waals surface area (Å²) in [4.78, 5) is 20.8. The molecule has 2 aromatic rings. The zero-order valence-electron chi connectivity index (χ0n) is 13.2. The van der Waals surface area contributed by atoms with Gasteiger partial charge >= 0.3 is 5.97 Å². The zero-order chi connectivity index (χ0) is 16.0. The zero-order valence-corrected chi connectivity index (χ0v) is 13.2. The lowest BCUT2D eigenvalue weighted by Crippen LogP contribution is -2.23. The SMILES string of the molecule is CC1CCC1c1nc2c(c(-c3ccc(C(=O)O)cc3)n1)CCC2. The van der Waals surface area contributed by atoms with Gasteiger partial charge in [0.1, 0.15) is 5.82 Å². The van der Waals surface area contributed by atoms with E-state index in [9.17, 15) is 4.79 Å². The summed E-state index contributed by atoms with van der Waals surface area (Å²) >= 11 is 0. The summed E-state index contributed by atoms with van der Waals surface area (Å²) in [7, 11) is 0. The predicted molar refractivity (Wildman–Crippen MR) is 87.6 cm³/mol. The van der Waals surface area contributed by atoms with E-state index in [0.29, 0.717) is 17.4 Å². The Morgan fingerprint density at radius 1 is 1.13 bits per heavy atom. The van der Waals surface area contributed by atoms with Crippen LogP contribution in [-0.2, 0) is 12.8 Å². The predicted octanol–water partition coefficient (Wildman–Crippen LogP) is 3.84. The Morgan fingerprint density at radius 3 is 2.52 bits per heavy atom. The Morgan fingerprint density at radius 2 is 1.91 bits per heavy atom. The van der Waals surface area contributed by atoms with Crippen molar-refractivity contribution in [3.8, 4) is 11.3 Å². The molecule has 0 spiro atoms. The lowest BCUT2D eigenvalue weighted by Gasteiger charge is -2.33. The van der Waals surface area contributed by atoms with Gasteiger partial charge in [0.2, 0.25) is 0 Å². The van der Waals surface area contributed by atoms with Crippen molar-refractivity contribution in [1.82, 2.24) is 9.97 Å². The van der Waals surface area contributed by atoms with Gasteiger partial charge < -0.3 is 5.11 Å². The summed E-state index contributed by atoms with van der Waals surface area (Å²) in [6.45, 7) is 2.27. The highest BCUT2D eigenvalue weighted by atomic mass is 16.4. The molecule has 2 unspecified atom stereocenters. The van der Waals surface area contributed by atoms with Crippen LogP contribution >= 0.6 is 0 Å². The van der Waals surface area contributed by atoms with Gasteiger partial charge in [-0.05, 0) is 50.2 Å². The third kappa shape index (κ3) is 2.42. The average molecular weight is 308 g/mol. The van der Waals surface area contributed by atoms with Gasteiger partial charge in [-0.2, -0.15) is 0 Å². The topological polar surface area (TPSA) is 63.1 Å². The van der Waals surface area contributed by atoms with Crippen LogP contribution in [0.25, 0.3) is 11.3 Å². The molecular weight excluding hydrogens is 288 g/mol. The van der Waals surface area contributed by atoms with Crippen LogP contribution in [0.5, 0.6) is 0 Å². The molecule has 0 bridgehead atoms. The number of benzene rings is 1. The van der Waals surface area contributed by atoms with E-state index in [0.717, 1.165) is 36.3 Å². The summed E-state index contributed by atoms with van der Waals surface area (Å²) in [6, 6.07) is 7.07. The number of carboxylic acid groups (broad SMARTS) is 1. The van der Waals surface area contributed by atoms with Crippen LogP contribution in [0.4, 0.5) is 0 Å². The summed E-state index contributed by atoms with van der Waals surface area (Å²) in [6.07, 6.45) is 5.62. The van der Waals surface area contributed by atoms with Crippen molar-refractivity contribution in [1.29, 1.82) is 0 Å². The second-order valence-electron chi connectivity index (χ2n) is 6.75. The molecule has 4 rings (SSSR count). The van der Waals surface area contributed by atoms with Gasteiger partial charge in [0.15, 0.2) is 0 Å². The molecule has 2 aliphatic rings. The minimum Gasteiger partial charge on any atom is -0.478 e. The fraction of sp³-hybridized carbons (Fsp3) is 0.421. The largest absolute Gasteiger partial charge is 0.478 e. The van der Waals surface area contributed by atoms with Crippen LogP contribution in [0, 0.1) is 5.92 Å². The molecule has 1 N–H and O–H groups in total. The van der Waals surface area contributed by atoms with E-state index in [1.807, 2.05) is 12.1 Å². The Labute approximate surface area is 135 Å². The van der Waals surface area contributed by atoms with E-state index in [4.69, 9.17) is 15.1 Å². The number of aromatic carboxylic acids is 1. The number of hydrogen-bond donors (Lipinski definition) is 1. The van der Waals surface area contributed by atoms with E-state index < -0.39 is 5.97 Å². The van der Waals surface area contributed by atoms with E-state index in [1.165, 1.54) is 24.1 Å². The van der Waals surface area contributed by atoms with Crippen molar-refractivity contribution in [3.05, 3.63) is 46.9 Å². The summed E-state index contributed by atoms with van der Waals surface area (Å²) < 4.78 is 0. The molecule has 23 heavy (non-hydrogen) atoms. The van der Waals surface area contributed by atoms with E-state index in [-0.39, 0.29) is 0 Å². The Kier molecular flexibility index (Phi) is 3.40. The van der Waals surface area contributed by atoms with Crippen molar-refractivity contribution in [2.75, 3.05) is 0 Å². The number of carboxylic acids is 1. The molecule has 1 aromatic carbocycles.